The van der Waals surface area contributed by atoms with E-state index < -0.39 is 0 Å². The van der Waals surface area contributed by atoms with Crippen LogP contribution in [0.4, 0.5) is 5.13 Å². The molecule has 7 nitrogen and oxygen atoms in total. The predicted molar refractivity (Wildman–Crippen MR) is 118 cm³/mol. The number of rotatable bonds is 7. The Balaban J connectivity index is 1.76. The van der Waals surface area contributed by atoms with Gasteiger partial charge in [-0.15, -0.1) is 0 Å². The molecule has 4 aromatic rings. The first-order valence-corrected chi connectivity index (χ1v) is 10.7. The Labute approximate surface area is 179 Å². The fourth-order valence-corrected chi connectivity index (χ4v) is 4.17. The number of benzene rings is 1. The third kappa shape index (κ3) is 4.04. The number of aromatic nitrogens is 4. The number of hydrogen-bond acceptors (Lipinski definition) is 6. The van der Waals surface area contributed by atoms with Crippen LogP contribution in [0.25, 0.3) is 10.2 Å². The largest absolute Gasteiger partial charge is 0.494 e. The lowest BCUT2D eigenvalue weighted by molar-refractivity contribution is 0.0972. The van der Waals surface area contributed by atoms with Gasteiger partial charge in [0.2, 0.25) is 0 Å². The molecule has 0 aliphatic carbocycles. The van der Waals surface area contributed by atoms with Gasteiger partial charge < -0.3 is 4.74 Å². The third-order valence-corrected chi connectivity index (χ3v) is 5.60. The molecule has 0 saturated heterocycles. The molecular formula is C22H23N5O2S. The van der Waals surface area contributed by atoms with E-state index in [2.05, 4.69) is 10.1 Å². The fourth-order valence-electron chi connectivity index (χ4n) is 3.18. The number of pyridine rings is 1. The summed E-state index contributed by atoms with van der Waals surface area (Å²) in [5, 5.41) is 4.93. The highest BCUT2D eigenvalue weighted by molar-refractivity contribution is 7.22. The molecular weight excluding hydrogens is 398 g/mol. The molecule has 154 valence electrons. The fraction of sp³-hybridized carbons (Fsp3) is 0.273. The molecule has 0 bridgehead atoms. The molecule has 1 aromatic carbocycles. The molecule has 8 heteroatoms. The Bertz CT molecular complexity index is 1150. The number of ether oxygens (including phenoxy) is 1. The monoisotopic (exact) mass is 421 g/mol. The normalized spacial score (nSPS) is 11.2. The van der Waals surface area contributed by atoms with Crippen LogP contribution in [0.15, 0.2) is 54.9 Å². The Morgan fingerprint density at radius 3 is 2.80 bits per heavy atom. The maximum Gasteiger partial charge on any atom is 0.278 e. The number of anilines is 1. The number of hydrogen-bond donors (Lipinski definition) is 0. The average molecular weight is 422 g/mol. The molecule has 0 unspecified atom stereocenters. The predicted octanol–water partition coefficient (Wildman–Crippen LogP) is 4.71. The smallest absolute Gasteiger partial charge is 0.278 e. The molecule has 0 aliphatic rings. The first kappa shape index (κ1) is 20.0. The van der Waals surface area contributed by atoms with Crippen LogP contribution in [-0.4, -0.2) is 32.3 Å². The van der Waals surface area contributed by atoms with Crippen molar-refractivity contribution < 1.29 is 9.53 Å². The number of nitrogens with zero attached hydrogens (tertiary/aromatic N) is 5. The van der Waals surface area contributed by atoms with Crippen LogP contribution in [0.3, 0.4) is 0 Å². The van der Waals surface area contributed by atoms with Gasteiger partial charge in [-0.2, -0.15) is 5.10 Å². The minimum Gasteiger partial charge on any atom is -0.494 e. The van der Waals surface area contributed by atoms with Crippen molar-refractivity contribution in [3.8, 4) is 5.75 Å². The van der Waals surface area contributed by atoms with E-state index in [0.29, 0.717) is 24.0 Å². The number of amides is 1. The van der Waals surface area contributed by atoms with Gasteiger partial charge >= 0.3 is 0 Å². The SMILES string of the molecule is CCOc1ccc2nc(N(Cc3ccccn3)C(=O)c3ccnn3C(C)C)sc2c1. The standard InChI is InChI=1S/C22H23N5O2S/c1-4-29-17-8-9-18-20(13-17)30-22(25-18)26(14-16-7-5-6-11-23-16)21(28)19-10-12-24-27(19)15(2)3/h5-13,15H,4,14H2,1-3H3. The quantitative estimate of drug-likeness (QED) is 0.432. The maximum absolute atomic E-state index is 13.6. The van der Waals surface area contributed by atoms with E-state index in [0.717, 1.165) is 21.7 Å². The average Bonchev–Trinajstić information content (AvgIpc) is 3.39. The molecule has 3 aromatic heterocycles. The van der Waals surface area contributed by atoms with Gasteiger partial charge in [0.15, 0.2) is 5.13 Å². The highest BCUT2D eigenvalue weighted by Gasteiger charge is 2.25. The zero-order chi connectivity index (χ0) is 21.1. The molecule has 3 heterocycles. The van der Waals surface area contributed by atoms with Gasteiger partial charge in [0.05, 0.1) is 29.1 Å². The van der Waals surface area contributed by atoms with E-state index in [1.165, 1.54) is 11.3 Å². The molecule has 1 amide bonds. The first-order chi connectivity index (χ1) is 14.6. The molecule has 0 atom stereocenters. The number of carbonyl (C=O) groups is 1. The molecule has 0 radical (unpaired) electrons. The summed E-state index contributed by atoms with van der Waals surface area (Å²) in [6, 6.07) is 13.3. The summed E-state index contributed by atoms with van der Waals surface area (Å²) >= 11 is 1.46. The number of thiazole rings is 1. The number of carbonyl (C=O) groups excluding carboxylic acids is 1. The summed E-state index contributed by atoms with van der Waals surface area (Å²) in [5.74, 6) is 0.636. The molecule has 0 N–H and O–H groups in total. The van der Waals surface area contributed by atoms with E-state index in [1.54, 1.807) is 28.0 Å². The van der Waals surface area contributed by atoms with Crippen LogP contribution in [-0.2, 0) is 6.54 Å². The second kappa shape index (κ2) is 8.62. The van der Waals surface area contributed by atoms with Gasteiger partial charge in [-0.05, 0) is 57.2 Å². The van der Waals surface area contributed by atoms with Crippen molar-refractivity contribution in [3.63, 3.8) is 0 Å². The van der Waals surface area contributed by atoms with Crippen molar-refractivity contribution in [2.45, 2.75) is 33.4 Å². The number of fused-ring (bicyclic) bond motifs is 1. The topological polar surface area (TPSA) is 73.1 Å². The van der Waals surface area contributed by atoms with Gasteiger partial charge in [0.25, 0.3) is 5.91 Å². The molecule has 0 saturated carbocycles. The first-order valence-electron chi connectivity index (χ1n) is 9.85. The second-order valence-electron chi connectivity index (χ2n) is 7.03. The Hall–Kier alpha value is -3.26. The third-order valence-electron chi connectivity index (χ3n) is 4.56. The zero-order valence-corrected chi connectivity index (χ0v) is 18.0. The van der Waals surface area contributed by atoms with Gasteiger partial charge in [0.1, 0.15) is 11.4 Å². The van der Waals surface area contributed by atoms with Gasteiger partial charge in [-0.1, -0.05) is 17.4 Å². The molecule has 0 aliphatic heterocycles. The van der Waals surface area contributed by atoms with Crippen molar-refractivity contribution in [2.24, 2.45) is 0 Å². The lowest BCUT2D eigenvalue weighted by Crippen LogP contribution is -2.32. The Morgan fingerprint density at radius 1 is 1.20 bits per heavy atom. The van der Waals surface area contributed by atoms with Crippen LogP contribution >= 0.6 is 11.3 Å². The lowest BCUT2D eigenvalue weighted by Gasteiger charge is -2.21. The van der Waals surface area contributed by atoms with Gasteiger partial charge in [0, 0.05) is 18.4 Å². The molecule has 4 rings (SSSR count). The minimum absolute atomic E-state index is 0.0692. The lowest BCUT2D eigenvalue weighted by atomic mass is 10.3. The van der Waals surface area contributed by atoms with Crippen LogP contribution in [0.2, 0.25) is 0 Å². The summed E-state index contributed by atoms with van der Waals surface area (Å²) in [5.41, 5.74) is 2.14. The van der Waals surface area contributed by atoms with Crippen molar-refractivity contribution in [1.29, 1.82) is 0 Å². The zero-order valence-electron chi connectivity index (χ0n) is 17.1. The van der Waals surface area contributed by atoms with E-state index in [9.17, 15) is 4.79 Å². The van der Waals surface area contributed by atoms with Crippen LogP contribution in [0, 0.1) is 0 Å². The van der Waals surface area contributed by atoms with Gasteiger partial charge in [-0.3, -0.25) is 19.4 Å². The van der Waals surface area contributed by atoms with E-state index in [4.69, 9.17) is 9.72 Å². The van der Waals surface area contributed by atoms with Crippen molar-refractivity contribution >= 4 is 32.6 Å². The molecule has 0 fully saturated rings. The van der Waals surface area contributed by atoms with Crippen molar-refractivity contribution in [3.05, 3.63) is 66.2 Å². The van der Waals surface area contributed by atoms with E-state index in [1.807, 2.05) is 57.2 Å². The summed E-state index contributed by atoms with van der Waals surface area (Å²) in [6.07, 6.45) is 3.38. The second-order valence-corrected chi connectivity index (χ2v) is 8.04. The van der Waals surface area contributed by atoms with E-state index >= 15 is 0 Å². The van der Waals surface area contributed by atoms with Crippen molar-refractivity contribution in [2.75, 3.05) is 11.5 Å². The maximum atomic E-state index is 13.6. The summed E-state index contributed by atoms with van der Waals surface area (Å²) < 4.78 is 8.30. The summed E-state index contributed by atoms with van der Waals surface area (Å²) in [6.45, 7) is 6.87. The summed E-state index contributed by atoms with van der Waals surface area (Å²) in [4.78, 5) is 24.4. The van der Waals surface area contributed by atoms with E-state index in [-0.39, 0.29) is 11.9 Å². The Morgan fingerprint density at radius 2 is 2.07 bits per heavy atom. The minimum atomic E-state index is -0.157. The van der Waals surface area contributed by atoms with Crippen LogP contribution in [0.1, 0.15) is 43.0 Å². The summed E-state index contributed by atoms with van der Waals surface area (Å²) in [7, 11) is 0. The molecule has 0 spiro atoms. The molecule has 30 heavy (non-hydrogen) atoms. The highest BCUT2D eigenvalue weighted by Crippen LogP contribution is 2.33. The Kier molecular flexibility index (Phi) is 5.76. The van der Waals surface area contributed by atoms with Crippen molar-refractivity contribution in [1.82, 2.24) is 19.7 Å². The van der Waals surface area contributed by atoms with Crippen LogP contribution < -0.4 is 9.64 Å². The highest BCUT2D eigenvalue weighted by atomic mass is 32.1. The van der Waals surface area contributed by atoms with Gasteiger partial charge in [-0.25, -0.2) is 4.98 Å². The van der Waals surface area contributed by atoms with Crippen LogP contribution in [0.5, 0.6) is 5.75 Å².